The van der Waals surface area contributed by atoms with Gasteiger partial charge >= 0.3 is 0 Å². The van der Waals surface area contributed by atoms with E-state index in [1.165, 1.54) is 0 Å². The van der Waals surface area contributed by atoms with Gasteiger partial charge in [-0.1, -0.05) is 0 Å². The average Bonchev–Trinajstić information content (AvgIpc) is 2.78. The molecule has 0 aromatic carbocycles. The molecule has 18 heavy (non-hydrogen) atoms. The van der Waals surface area contributed by atoms with Crippen molar-refractivity contribution in [2.24, 2.45) is 0 Å². The SMILES string of the molecule is COC[C@@H]1CCCN1N1C(=O)CCC[C@@H]1CCO. The smallest absolute Gasteiger partial charge is 0.237 e. The van der Waals surface area contributed by atoms with Gasteiger partial charge in [-0.15, -0.1) is 0 Å². The molecule has 2 rings (SSSR count). The second-order valence-corrected chi connectivity index (χ2v) is 5.21. The molecule has 0 aliphatic carbocycles. The summed E-state index contributed by atoms with van der Waals surface area (Å²) in [5.74, 6) is 0.211. The lowest BCUT2D eigenvalue weighted by atomic mass is 10.0. The number of carbonyl (C=O) groups is 1. The summed E-state index contributed by atoms with van der Waals surface area (Å²) < 4.78 is 5.25. The first-order valence-electron chi connectivity index (χ1n) is 6.96. The van der Waals surface area contributed by atoms with Crippen LogP contribution in [0.3, 0.4) is 0 Å². The van der Waals surface area contributed by atoms with Gasteiger partial charge in [0.15, 0.2) is 0 Å². The van der Waals surface area contributed by atoms with Gasteiger partial charge < -0.3 is 9.84 Å². The molecule has 2 fully saturated rings. The Morgan fingerprint density at radius 1 is 1.33 bits per heavy atom. The zero-order valence-corrected chi connectivity index (χ0v) is 11.2. The summed E-state index contributed by atoms with van der Waals surface area (Å²) in [7, 11) is 1.71. The fourth-order valence-corrected chi connectivity index (χ4v) is 3.16. The number of nitrogens with zero attached hydrogens (tertiary/aromatic N) is 2. The predicted octanol–water partition coefficient (Wildman–Crippen LogP) is 0.776. The monoisotopic (exact) mass is 256 g/mol. The molecule has 0 bridgehead atoms. The van der Waals surface area contributed by atoms with Crippen LogP contribution in [0.4, 0.5) is 0 Å². The first kappa shape index (κ1) is 13.8. The molecule has 0 spiro atoms. The molecule has 2 aliphatic rings. The number of amides is 1. The summed E-state index contributed by atoms with van der Waals surface area (Å²) in [6.45, 7) is 1.76. The van der Waals surface area contributed by atoms with Crippen LogP contribution >= 0.6 is 0 Å². The number of rotatable bonds is 5. The number of aliphatic hydroxyl groups is 1. The number of piperidine rings is 1. The molecule has 0 unspecified atom stereocenters. The number of hydrogen-bond acceptors (Lipinski definition) is 4. The van der Waals surface area contributed by atoms with Gasteiger partial charge in [0.25, 0.3) is 0 Å². The normalized spacial score (nSPS) is 30.1. The fourth-order valence-electron chi connectivity index (χ4n) is 3.16. The lowest BCUT2D eigenvalue weighted by Gasteiger charge is -2.43. The topological polar surface area (TPSA) is 53.0 Å². The van der Waals surface area contributed by atoms with Crippen LogP contribution in [-0.4, -0.2) is 60.0 Å². The van der Waals surface area contributed by atoms with Crippen LogP contribution in [0, 0.1) is 0 Å². The maximum atomic E-state index is 12.2. The van der Waals surface area contributed by atoms with Crippen LogP contribution in [0.15, 0.2) is 0 Å². The first-order chi connectivity index (χ1) is 8.77. The van der Waals surface area contributed by atoms with Gasteiger partial charge in [-0.05, 0) is 32.1 Å². The molecule has 0 aromatic rings. The maximum Gasteiger partial charge on any atom is 0.237 e. The van der Waals surface area contributed by atoms with Crippen molar-refractivity contribution in [1.29, 1.82) is 0 Å². The van der Waals surface area contributed by atoms with E-state index in [1.54, 1.807) is 7.11 Å². The Balaban J connectivity index is 2.08. The molecule has 0 aromatic heterocycles. The summed E-state index contributed by atoms with van der Waals surface area (Å²) >= 11 is 0. The van der Waals surface area contributed by atoms with Crippen molar-refractivity contribution >= 4 is 5.91 Å². The highest BCUT2D eigenvalue weighted by Crippen LogP contribution is 2.28. The Morgan fingerprint density at radius 2 is 2.11 bits per heavy atom. The van der Waals surface area contributed by atoms with E-state index < -0.39 is 0 Å². The van der Waals surface area contributed by atoms with E-state index in [2.05, 4.69) is 5.01 Å². The molecule has 104 valence electrons. The van der Waals surface area contributed by atoms with Crippen molar-refractivity contribution in [1.82, 2.24) is 10.0 Å². The molecule has 2 aliphatic heterocycles. The zero-order valence-electron chi connectivity index (χ0n) is 11.2. The largest absolute Gasteiger partial charge is 0.396 e. The van der Waals surface area contributed by atoms with Gasteiger partial charge in [0.2, 0.25) is 5.91 Å². The Labute approximate surface area is 109 Å². The van der Waals surface area contributed by atoms with Gasteiger partial charge in [0.1, 0.15) is 0 Å². The first-order valence-corrected chi connectivity index (χ1v) is 6.96. The minimum Gasteiger partial charge on any atom is -0.396 e. The quantitative estimate of drug-likeness (QED) is 0.789. The Hall–Kier alpha value is -0.650. The molecule has 5 heteroatoms. The molecule has 0 saturated carbocycles. The van der Waals surface area contributed by atoms with E-state index in [9.17, 15) is 4.79 Å². The van der Waals surface area contributed by atoms with Gasteiger partial charge in [-0.2, -0.15) is 0 Å². The van der Waals surface area contributed by atoms with Crippen molar-refractivity contribution in [3.63, 3.8) is 0 Å². The molecule has 2 atom stereocenters. The molecule has 2 heterocycles. The standard InChI is InChI=1S/C13H24N2O3/c1-18-10-12-5-3-8-14(12)15-11(7-9-16)4-2-6-13(15)17/h11-12,16H,2-10H2,1H3/t11-,12+/m1/s1. The molecule has 1 N–H and O–H groups in total. The van der Waals surface area contributed by atoms with Crippen molar-refractivity contribution < 1.29 is 14.6 Å². The molecule has 2 saturated heterocycles. The number of carbonyl (C=O) groups excluding carboxylic acids is 1. The number of hydrazine groups is 1. The number of ether oxygens (including phenoxy) is 1. The summed E-state index contributed by atoms with van der Waals surface area (Å²) in [5, 5.41) is 13.3. The van der Waals surface area contributed by atoms with E-state index >= 15 is 0 Å². The van der Waals surface area contributed by atoms with Crippen molar-refractivity contribution in [3.05, 3.63) is 0 Å². The third-order valence-corrected chi connectivity index (χ3v) is 3.97. The predicted molar refractivity (Wildman–Crippen MR) is 67.8 cm³/mol. The lowest BCUT2D eigenvalue weighted by molar-refractivity contribution is -0.166. The Morgan fingerprint density at radius 3 is 2.83 bits per heavy atom. The Bertz CT molecular complexity index is 283. The van der Waals surface area contributed by atoms with E-state index in [0.29, 0.717) is 25.5 Å². The summed E-state index contributed by atoms with van der Waals surface area (Å²) in [5.41, 5.74) is 0. The lowest BCUT2D eigenvalue weighted by Crippen LogP contribution is -2.56. The number of methoxy groups -OCH3 is 1. The van der Waals surface area contributed by atoms with Crippen molar-refractivity contribution in [3.8, 4) is 0 Å². The zero-order chi connectivity index (χ0) is 13.0. The number of hydrogen-bond donors (Lipinski definition) is 1. The van der Waals surface area contributed by atoms with Crippen molar-refractivity contribution in [2.45, 2.75) is 50.6 Å². The molecular formula is C13H24N2O3. The van der Waals surface area contributed by atoms with Gasteiger partial charge in [-0.3, -0.25) is 9.80 Å². The van der Waals surface area contributed by atoms with E-state index in [-0.39, 0.29) is 18.6 Å². The average molecular weight is 256 g/mol. The highest BCUT2D eigenvalue weighted by Gasteiger charge is 2.37. The third-order valence-electron chi connectivity index (χ3n) is 3.97. The van der Waals surface area contributed by atoms with E-state index in [4.69, 9.17) is 9.84 Å². The van der Waals surface area contributed by atoms with Crippen LogP contribution in [0.1, 0.15) is 38.5 Å². The number of aliphatic hydroxyl groups excluding tert-OH is 1. The third kappa shape index (κ3) is 2.84. The minimum atomic E-state index is 0.150. The molecule has 1 amide bonds. The summed E-state index contributed by atoms with van der Waals surface area (Å²) in [6.07, 6.45) is 5.47. The van der Waals surface area contributed by atoms with E-state index in [1.807, 2.05) is 5.01 Å². The molecular weight excluding hydrogens is 232 g/mol. The Kier molecular flexibility index (Phi) is 4.97. The van der Waals surface area contributed by atoms with Gasteiger partial charge in [0.05, 0.1) is 18.7 Å². The fraction of sp³-hybridized carbons (Fsp3) is 0.923. The van der Waals surface area contributed by atoms with Crippen LogP contribution in [0.25, 0.3) is 0 Å². The van der Waals surface area contributed by atoms with E-state index in [0.717, 1.165) is 32.2 Å². The van der Waals surface area contributed by atoms with Gasteiger partial charge in [-0.25, -0.2) is 5.01 Å². The second-order valence-electron chi connectivity index (χ2n) is 5.21. The van der Waals surface area contributed by atoms with Crippen LogP contribution in [0.2, 0.25) is 0 Å². The highest BCUT2D eigenvalue weighted by molar-refractivity contribution is 5.76. The van der Waals surface area contributed by atoms with Crippen LogP contribution in [-0.2, 0) is 9.53 Å². The second kappa shape index (κ2) is 6.50. The van der Waals surface area contributed by atoms with Crippen LogP contribution < -0.4 is 0 Å². The molecule has 5 nitrogen and oxygen atoms in total. The summed E-state index contributed by atoms with van der Waals surface area (Å²) in [4.78, 5) is 12.2. The summed E-state index contributed by atoms with van der Waals surface area (Å²) in [6, 6.07) is 0.493. The van der Waals surface area contributed by atoms with Gasteiger partial charge in [0, 0.05) is 26.7 Å². The van der Waals surface area contributed by atoms with Crippen molar-refractivity contribution in [2.75, 3.05) is 26.9 Å². The van der Waals surface area contributed by atoms with Crippen LogP contribution in [0.5, 0.6) is 0 Å². The minimum absolute atomic E-state index is 0.150. The maximum absolute atomic E-state index is 12.2. The highest BCUT2D eigenvalue weighted by atomic mass is 16.5. The molecule has 0 radical (unpaired) electrons.